The van der Waals surface area contributed by atoms with Crippen molar-refractivity contribution in [3.63, 3.8) is 0 Å². The number of alkyl halides is 3. The topological polar surface area (TPSA) is 46.5 Å². The van der Waals surface area contributed by atoms with Crippen molar-refractivity contribution in [1.29, 1.82) is 0 Å². The Hall–Kier alpha value is -0.780. The van der Waals surface area contributed by atoms with E-state index in [0.717, 1.165) is 6.92 Å². The second-order valence-electron chi connectivity index (χ2n) is 2.46. The molecule has 0 rings (SSSR count). The van der Waals surface area contributed by atoms with Crippen LogP contribution in [0.5, 0.6) is 0 Å². The van der Waals surface area contributed by atoms with E-state index in [1.165, 1.54) is 6.92 Å². The summed E-state index contributed by atoms with van der Waals surface area (Å²) in [5.41, 5.74) is 0. The quantitative estimate of drug-likeness (QED) is 0.754. The molecule has 0 aliphatic heterocycles. The summed E-state index contributed by atoms with van der Waals surface area (Å²) in [7, 11) is 0. The second kappa shape index (κ2) is 4.45. The molecule has 0 amide bonds. The predicted molar refractivity (Wildman–Crippen MR) is 37.5 cm³/mol. The van der Waals surface area contributed by atoms with Gasteiger partial charge in [0.25, 0.3) is 0 Å². The summed E-state index contributed by atoms with van der Waals surface area (Å²) >= 11 is 0. The van der Waals surface area contributed by atoms with E-state index >= 15 is 0 Å². The Morgan fingerprint density at radius 1 is 1.54 bits per heavy atom. The summed E-state index contributed by atoms with van der Waals surface area (Å²) in [6.45, 7) is 2.48. The van der Waals surface area contributed by atoms with Gasteiger partial charge in [-0.1, -0.05) is 6.92 Å². The lowest BCUT2D eigenvalue weighted by atomic mass is 10.0. The zero-order valence-electron chi connectivity index (χ0n) is 7.18. The van der Waals surface area contributed by atoms with Crippen molar-refractivity contribution in [2.24, 2.45) is 5.92 Å². The van der Waals surface area contributed by atoms with Gasteiger partial charge in [0.15, 0.2) is 0 Å². The Balaban J connectivity index is 4.22. The number of aliphatic carboxylic acids is 1. The minimum absolute atomic E-state index is 0.0667. The Kier molecular flexibility index (Phi) is 4.19. The van der Waals surface area contributed by atoms with E-state index in [2.05, 4.69) is 4.74 Å². The molecule has 0 fully saturated rings. The molecule has 3 nitrogen and oxygen atoms in total. The van der Waals surface area contributed by atoms with Gasteiger partial charge in [-0.3, -0.25) is 9.53 Å². The fourth-order valence-electron chi connectivity index (χ4n) is 0.890. The highest BCUT2D eigenvalue weighted by molar-refractivity contribution is 5.71. The average molecular weight is 199 g/mol. The highest BCUT2D eigenvalue weighted by atomic mass is 19.4. The van der Waals surface area contributed by atoms with Crippen molar-refractivity contribution < 1.29 is 27.8 Å². The number of carboxylic acids is 1. The third-order valence-electron chi connectivity index (χ3n) is 1.47. The first-order valence-electron chi connectivity index (χ1n) is 3.60. The monoisotopic (exact) mass is 199 g/mol. The average Bonchev–Trinajstić information content (AvgIpc) is 1.82. The van der Waals surface area contributed by atoms with Gasteiger partial charge < -0.3 is 5.11 Å². The van der Waals surface area contributed by atoms with Crippen molar-refractivity contribution in [3.8, 4) is 0 Å². The Morgan fingerprint density at radius 3 is 2.23 bits per heavy atom. The Labute approximate surface area is 73.5 Å². The SMILES string of the molecule is CCC([C](C)OC(F)(F)F)C(=O)O. The Bertz CT molecular complexity index is 178. The molecule has 1 unspecified atom stereocenters. The maximum atomic E-state index is 11.6. The molecule has 6 heteroatoms. The van der Waals surface area contributed by atoms with Crippen LogP contribution in [0.4, 0.5) is 13.2 Å². The third kappa shape index (κ3) is 4.72. The maximum Gasteiger partial charge on any atom is 0.523 e. The van der Waals surface area contributed by atoms with Crippen LogP contribution < -0.4 is 0 Å². The van der Waals surface area contributed by atoms with Gasteiger partial charge in [0.1, 0.15) is 6.10 Å². The van der Waals surface area contributed by atoms with Crippen LogP contribution in [-0.4, -0.2) is 17.4 Å². The van der Waals surface area contributed by atoms with Crippen LogP contribution in [0.15, 0.2) is 0 Å². The summed E-state index contributed by atoms with van der Waals surface area (Å²) in [4.78, 5) is 10.4. The zero-order chi connectivity index (χ0) is 10.6. The van der Waals surface area contributed by atoms with Crippen molar-refractivity contribution in [2.75, 3.05) is 0 Å². The van der Waals surface area contributed by atoms with Crippen LogP contribution in [0.2, 0.25) is 0 Å². The largest absolute Gasteiger partial charge is 0.523 e. The number of hydrogen-bond acceptors (Lipinski definition) is 2. The molecule has 0 heterocycles. The van der Waals surface area contributed by atoms with E-state index in [9.17, 15) is 18.0 Å². The molecular formula is C7H10F3O3. The molecule has 0 aromatic rings. The molecule has 1 N–H and O–H groups in total. The fraction of sp³-hybridized carbons (Fsp3) is 0.714. The summed E-state index contributed by atoms with van der Waals surface area (Å²) in [6.07, 6.45) is -5.29. The molecule has 0 saturated heterocycles. The third-order valence-corrected chi connectivity index (χ3v) is 1.47. The van der Waals surface area contributed by atoms with E-state index in [0.29, 0.717) is 0 Å². The van der Waals surface area contributed by atoms with E-state index in [-0.39, 0.29) is 6.42 Å². The molecule has 1 atom stereocenters. The number of rotatable bonds is 4. The minimum atomic E-state index is -4.81. The molecule has 0 bridgehead atoms. The van der Waals surface area contributed by atoms with E-state index in [4.69, 9.17) is 5.11 Å². The number of ether oxygens (including phenoxy) is 1. The van der Waals surface area contributed by atoms with Crippen molar-refractivity contribution in [2.45, 2.75) is 26.6 Å². The van der Waals surface area contributed by atoms with Gasteiger partial charge in [-0.25, -0.2) is 0 Å². The molecule has 0 spiro atoms. The van der Waals surface area contributed by atoms with Crippen LogP contribution in [0.3, 0.4) is 0 Å². The molecule has 0 saturated carbocycles. The lowest BCUT2D eigenvalue weighted by Gasteiger charge is -2.19. The van der Waals surface area contributed by atoms with Crippen LogP contribution in [0.25, 0.3) is 0 Å². The van der Waals surface area contributed by atoms with Crippen molar-refractivity contribution in [1.82, 2.24) is 0 Å². The molecule has 0 aliphatic carbocycles. The number of carboxylic acid groups (broad SMARTS) is 1. The van der Waals surface area contributed by atoms with Gasteiger partial charge in [-0.2, -0.15) is 0 Å². The number of carbonyl (C=O) groups is 1. The summed E-state index contributed by atoms with van der Waals surface area (Å²) in [5, 5.41) is 8.47. The van der Waals surface area contributed by atoms with Crippen LogP contribution in [0, 0.1) is 12.0 Å². The van der Waals surface area contributed by atoms with Crippen LogP contribution in [0.1, 0.15) is 20.3 Å². The van der Waals surface area contributed by atoms with E-state index in [1.54, 1.807) is 0 Å². The molecule has 0 aromatic heterocycles. The zero-order valence-corrected chi connectivity index (χ0v) is 7.18. The molecule has 77 valence electrons. The van der Waals surface area contributed by atoms with Gasteiger partial charge in [0, 0.05) is 0 Å². The molecule has 0 aliphatic rings. The normalized spacial score (nSPS) is 14.6. The number of halogens is 3. The second-order valence-corrected chi connectivity index (χ2v) is 2.46. The van der Waals surface area contributed by atoms with Crippen LogP contribution in [-0.2, 0) is 9.53 Å². The predicted octanol–water partition coefficient (Wildman–Crippen LogP) is 2.19. The van der Waals surface area contributed by atoms with E-state index < -0.39 is 24.4 Å². The fourth-order valence-corrected chi connectivity index (χ4v) is 0.890. The Morgan fingerprint density at radius 2 is 2.00 bits per heavy atom. The molecule has 0 aromatic carbocycles. The highest BCUT2D eigenvalue weighted by Crippen LogP contribution is 2.28. The van der Waals surface area contributed by atoms with E-state index in [1.807, 2.05) is 0 Å². The lowest BCUT2D eigenvalue weighted by molar-refractivity contribution is -0.322. The van der Waals surface area contributed by atoms with Gasteiger partial charge in [0.05, 0.1) is 5.92 Å². The first-order chi connectivity index (χ1) is 5.78. The van der Waals surface area contributed by atoms with Gasteiger partial charge in [-0.15, -0.1) is 13.2 Å². The number of hydrogen-bond donors (Lipinski definition) is 1. The summed E-state index contributed by atoms with van der Waals surface area (Å²) in [6, 6.07) is 0. The molecular weight excluding hydrogens is 189 g/mol. The van der Waals surface area contributed by atoms with Crippen LogP contribution >= 0.6 is 0 Å². The minimum Gasteiger partial charge on any atom is -0.481 e. The van der Waals surface area contributed by atoms with Gasteiger partial charge in [0.2, 0.25) is 0 Å². The standard InChI is InChI=1S/C7H10F3O3/c1-3-5(6(11)12)4(2)13-7(8,9)10/h5H,3H2,1-2H3,(H,11,12). The smallest absolute Gasteiger partial charge is 0.481 e. The lowest BCUT2D eigenvalue weighted by Crippen LogP contribution is -2.26. The molecule has 13 heavy (non-hydrogen) atoms. The van der Waals surface area contributed by atoms with Crippen molar-refractivity contribution in [3.05, 3.63) is 6.10 Å². The first kappa shape index (κ1) is 12.2. The summed E-state index contributed by atoms with van der Waals surface area (Å²) < 4.78 is 38.4. The summed E-state index contributed by atoms with van der Waals surface area (Å²) in [5.74, 6) is -2.52. The first-order valence-corrected chi connectivity index (χ1v) is 3.60. The molecule has 1 radical (unpaired) electrons. The van der Waals surface area contributed by atoms with Crippen molar-refractivity contribution >= 4 is 5.97 Å². The van der Waals surface area contributed by atoms with Gasteiger partial charge >= 0.3 is 12.3 Å². The van der Waals surface area contributed by atoms with Gasteiger partial charge in [-0.05, 0) is 13.3 Å². The highest BCUT2D eigenvalue weighted by Gasteiger charge is 2.37. The maximum absolute atomic E-state index is 11.6.